The van der Waals surface area contributed by atoms with Crippen molar-refractivity contribution in [3.63, 3.8) is 0 Å². The molecule has 2 rings (SSSR count). The number of methoxy groups -OCH3 is 1. The third-order valence-corrected chi connectivity index (χ3v) is 5.14. The second-order valence-corrected chi connectivity index (χ2v) is 6.54. The highest BCUT2D eigenvalue weighted by Crippen LogP contribution is 2.53. The maximum absolute atomic E-state index is 5.84. The predicted molar refractivity (Wildman–Crippen MR) is 87.2 cm³/mol. The third kappa shape index (κ3) is 2.80. The zero-order valence-corrected chi connectivity index (χ0v) is 14.0. The van der Waals surface area contributed by atoms with Crippen LogP contribution >= 0.6 is 12.4 Å². The molecular weight excluding hydrogens is 272 g/mol. The molecule has 1 fully saturated rings. The van der Waals surface area contributed by atoms with E-state index in [1.54, 1.807) is 0 Å². The minimum absolute atomic E-state index is 0. The second kappa shape index (κ2) is 5.92. The Morgan fingerprint density at radius 1 is 1.35 bits per heavy atom. The lowest BCUT2D eigenvalue weighted by Gasteiger charge is -2.61. The van der Waals surface area contributed by atoms with Crippen molar-refractivity contribution in [3.05, 3.63) is 29.8 Å². The molecule has 114 valence electrons. The van der Waals surface area contributed by atoms with Crippen LogP contribution in [-0.4, -0.2) is 30.7 Å². The summed E-state index contributed by atoms with van der Waals surface area (Å²) in [7, 11) is 4.00. The molecule has 1 saturated carbocycles. The van der Waals surface area contributed by atoms with Crippen LogP contribution in [0.4, 0.5) is 5.69 Å². The van der Waals surface area contributed by atoms with E-state index in [0.717, 1.165) is 18.7 Å². The van der Waals surface area contributed by atoms with Gasteiger partial charge in [-0.1, -0.05) is 26.0 Å². The van der Waals surface area contributed by atoms with Gasteiger partial charge in [0.25, 0.3) is 0 Å². The van der Waals surface area contributed by atoms with Gasteiger partial charge in [0, 0.05) is 30.8 Å². The summed E-state index contributed by atoms with van der Waals surface area (Å²) in [5.74, 6) is 0. The van der Waals surface area contributed by atoms with Crippen LogP contribution in [0.3, 0.4) is 0 Å². The van der Waals surface area contributed by atoms with E-state index in [4.69, 9.17) is 10.5 Å². The number of nitrogens with zero attached hydrogens (tertiary/aromatic N) is 1. The normalized spacial score (nSPS) is 27.8. The van der Waals surface area contributed by atoms with E-state index in [9.17, 15) is 0 Å². The average molecular weight is 299 g/mol. The van der Waals surface area contributed by atoms with Gasteiger partial charge in [0.1, 0.15) is 0 Å². The summed E-state index contributed by atoms with van der Waals surface area (Å²) >= 11 is 0. The van der Waals surface area contributed by atoms with Crippen LogP contribution in [0.1, 0.15) is 32.8 Å². The highest BCUT2D eigenvalue weighted by molar-refractivity contribution is 5.85. The Bertz CT molecular complexity index is 464. The first-order valence-corrected chi connectivity index (χ1v) is 6.90. The lowest BCUT2D eigenvalue weighted by Crippen LogP contribution is -2.67. The summed E-state index contributed by atoms with van der Waals surface area (Å²) < 4.78 is 5.69. The fraction of sp³-hybridized carbons (Fsp3) is 0.625. The van der Waals surface area contributed by atoms with Crippen LogP contribution in [0, 0.1) is 5.41 Å². The van der Waals surface area contributed by atoms with Gasteiger partial charge in [0.05, 0.1) is 5.60 Å². The van der Waals surface area contributed by atoms with E-state index in [1.165, 1.54) is 5.56 Å². The number of rotatable bonds is 4. The van der Waals surface area contributed by atoms with Crippen LogP contribution in [0.5, 0.6) is 0 Å². The van der Waals surface area contributed by atoms with Gasteiger partial charge in [-0.25, -0.2) is 0 Å². The van der Waals surface area contributed by atoms with E-state index in [1.807, 2.05) is 19.2 Å². The lowest BCUT2D eigenvalue weighted by atomic mass is 9.55. The first kappa shape index (κ1) is 17.3. The van der Waals surface area contributed by atoms with Crippen molar-refractivity contribution < 1.29 is 4.74 Å². The monoisotopic (exact) mass is 298 g/mol. The van der Waals surface area contributed by atoms with Crippen molar-refractivity contribution in [3.8, 4) is 0 Å². The Hall–Kier alpha value is -0.770. The molecule has 0 amide bonds. The molecular formula is C16H27ClN2O. The smallest absolute Gasteiger partial charge is 0.0731 e. The van der Waals surface area contributed by atoms with Gasteiger partial charge in [0.2, 0.25) is 0 Å². The summed E-state index contributed by atoms with van der Waals surface area (Å²) in [6.07, 6.45) is 1.08. The summed E-state index contributed by atoms with van der Waals surface area (Å²) in [6.45, 7) is 7.72. The number of nitrogens with two attached hydrogens (primary N) is 1. The average Bonchev–Trinajstić information content (AvgIpc) is 2.35. The molecule has 1 aliphatic rings. The van der Waals surface area contributed by atoms with Crippen LogP contribution < -0.4 is 5.73 Å². The number of benzene rings is 1. The fourth-order valence-corrected chi connectivity index (χ4v) is 3.25. The Morgan fingerprint density at radius 2 is 2.00 bits per heavy atom. The highest BCUT2D eigenvalue weighted by atomic mass is 35.5. The molecule has 2 N–H and O–H groups in total. The first-order valence-electron chi connectivity index (χ1n) is 6.90. The van der Waals surface area contributed by atoms with Gasteiger partial charge in [-0.05, 0) is 38.1 Å². The molecule has 0 saturated heterocycles. The van der Waals surface area contributed by atoms with Gasteiger partial charge in [-0.2, -0.15) is 0 Å². The number of hydrogen-bond acceptors (Lipinski definition) is 3. The van der Waals surface area contributed by atoms with E-state index in [0.29, 0.717) is 6.04 Å². The SMILES string of the molecule is COC1(C)CC(N(C)Cc2cccc(N)c2)C1(C)C.Cl. The molecule has 2 unspecified atom stereocenters. The number of halogens is 1. The Labute approximate surface area is 128 Å². The molecule has 1 aliphatic carbocycles. The number of nitrogen functional groups attached to an aromatic ring is 1. The minimum Gasteiger partial charge on any atom is -0.399 e. The second-order valence-electron chi connectivity index (χ2n) is 6.54. The Kier molecular flexibility index (Phi) is 5.12. The molecule has 1 aromatic rings. The van der Waals surface area contributed by atoms with E-state index in [2.05, 4.69) is 44.9 Å². The van der Waals surface area contributed by atoms with E-state index < -0.39 is 0 Å². The number of ether oxygens (including phenoxy) is 1. The van der Waals surface area contributed by atoms with Crippen molar-refractivity contribution in [2.24, 2.45) is 5.41 Å². The highest BCUT2D eigenvalue weighted by Gasteiger charge is 2.58. The lowest BCUT2D eigenvalue weighted by molar-refractivity contribution is -0.207. The Balaban J connectivity index is 0.00000200. The van der Waals surface area contributed by atoms with Gasteiger partial charge in [0.15, 0.2) is 0 Å². The first-order chi connectivity index (χ1) is 8.80. The molecule has 0 bridgehead atoms. The largest absolute Gasteiger partial charge is 0.399 e. The van der Waals surface area contributed by atoms with Gasteiger partial charge in [-0.15, -0.1) is 12.4 Å². The molecule has 0 aromatic heterocycles. The summed E-state index contributed by atoms with van der Waals surface area (Å²) in [5, 5.41) is 0. The maximum atomic E-state index is 5.84. The molecule has 0 radical (unpaired) electrons. The maximum Gasteiger partial charge on any atom is 0.0731 e. The quantitative estimate of drug-likeness (QED) is 0.867. The van der Waals surface area contributed by atoms with Crippen LogP contribution in [0.25, 0.3) is 0 Å². The zero-order valence-electron chi connectivity index (χ0n) is 13.1. The molecule has 3 nitrogen and oxygen atoms in total. The molecule has 0 aliphatic heterocycles. The van der Waals surface area contributed by atoms with Crippen molar-refractivity contribution in [1.82, 2.24) is 4.90 Å². The van der Waals surface area contributed by atoms with Crippen LogP contribution in [-0.2, 0) is 11.3 Å². The van der Waals surface area contributed by atoms with Crippen molar-refractivity contribution in [2.45, 2.75) is 45.4 Å². The molecule has 2 atom stereocenters. The Morgan fingerprint density at radius 3 is 2.50 bits per heavy atom. The van der Waals surface area contributed by atoms with Gasteiger partial charge < -0.3 is 10.5 Å². The third-order valence-electron chi connectivity index (χ3n) is 5.14. The van der Waals surface area contributed by atoms with Crippen molar-refractivity contribution in [1.29, 1.82) is 0 Å². The van der Waals surface area contributed by atoms with Crippen molar-refractivity contribution >= 4 is 18.1 Å². The van der Waals surface area contributed by atoms with Gasteiger partial charge in [-0.3, -0.25) is 4.90 Å². The van der Waals surface area contributed by atoms with Crippen LogP contribution in [0.2, 0.25) is 0 Å². The topological polar surface area (TPSA) is 38.5 Å². The minimum atomic E-state index is -0.0123. The standard InChI is InChI=1S/C16H26N2O.ClH/c1-15(2)14(10-16(15,3)19-5)18(4)11-12-7-6-8-13(17)9-12;/h6-9,14H,10-11,17H2,1-5H3;1H. The van der Waals surface area contributed by atoms with Gasteiger partial charge >= 0.3 is 0 Å². The zero-order chi connectivity index (χ0) is 14.3. The molecule has 1 aromatic carbocycles. The fourth-order valence-electron chi connectivity index (χ4n) is 3.25. The van der Waals surface area contributed by atoms with Crippen molar-refractivity contribution in [2.75, 3.05) is 19.9 Å². The number of hydrogen-bond donors (Lipinski definition) is 1. The molecule has 0 heterocycles. The van der Waals surface area contributed by atoms with E-state index in [-0.39, 0.29) is 23.4 Å². The predicted octanol–water partition coefficient (Wildman–Crippen LogP) is 3.33. The molecule has 0 spiro atoms. The van der Waals surface area contributed by atoms with Crippen LogP contribution in [0.15, 0.2) is 24.3 Å². The molecule has 4 heteroatoms. The summed E-state index contributed by atoms with van der Waals surface area (Å²) in [6, 6.07) is 8.67. The summed E-state index contributed by atoms with van der Waals surface area (Å²) in [4.78, 5) is 2.41. The number of anilines is 1. The summed E-state index contributed by atoms with van der Waals surface area (Å²) in [5.41, 5.74) is 8.09. The van der Waals surface area contributed by atoms with E-state index >= 15 is 0 Å². The molecule has 20 heavy (non-hydrogen) atoms.